The Hall–Kier alpha value is -2.16. The normalized spacial score (nSPS) is 14.8. The zero-order valence-corrected chi connectivity index (χ0v) is 10.3. The van der Waals surface area contributed by atoms with Gasteiger partial charge in [-0.1, -0.05) is 43.4 Å². The third-order valence-corrected chi connectivity index (χ3v) is 2.59. The van der Waals surface area contributed by atoms with Crippen LogP contribution in [0.5, 0.6) is 0 Å². The fourth-order valence-electron chi connectivity index (χ4n) is 1.57. The summed E-state index contributed by atoms with van der Waals surface area (Å²) in [6.45, 7) is 1.81. The van der Waals surface area contributed by atoms with Crippen molar-refractivity contribution in [2.45, 2.75) is 19.8 Å². The van der Waals surface area contributed by atoms with Crippen molar-refractivity contribution in [1.29, 1.82) is 0 Å². The van der Waals surface area contributed by atoms with E-state index in [1.165, 1.54) is 11.8 Å². The summed E-state index contributed by atoms with van der Waals surface area (Å²) in [6, 6.07) is 0. The molecule has 0 atom stereocenters. The molecule has 0 fully saturated rings. The number of hydrogen-bond donors (Lipinski definition) is 0. The van der Waals surface area contributed by atoms with Crippen LogP contribution in [-0.2, 0) is 0 Å². The number of nitrogens with zero attached hydrogens (tertiary/aromatic N) is 1. The van der Waals surface area contributed by atoms with Crippen LogP contribution < -0.4 is 0 Å². The molecule has 1 heterocycles. The molecule has 18 heavy (non-hydrogen) atoms. The minimum absolute atomic E-state index is 0.00190. The molecule has 3 heteroatoms. The molecule has 0 saturated carbocycles. The van der Waals surface area contributed by atoms with E-state index in [2.05, 4.69) is 11.1 Å². The molecule has 1 aromatic heterocycles. The topological polar surface area (TPSA) is 43.1 Å². The predicted molar refractivity (Wildman–Crippen MR) is 71.1 cm³/mol. The molecular formula is C15H15NO2. The molecule has 0 spiro atoms. The van der Waals surface area contributed by atoms with Gasteiger partial charge in [-0.3, -0.25) is 4.79 Å². The first-order valence-corrected chi connectivity index (χ1v) is 5.98. The summed E-state index contributed by atoms with van der Waals surface area (Å²) in [4.78, 5) is 15.5. The third kappa shape index (κ3) is 3.17. The molecule has 0 aromatic carbocycles. The minimum atomic E-state index is -0.00190. The second kappa shape index (κ2) is 5.96. The van der Waals surface area contributed by atoms with Crippen molar-refractivity contribution in [3.8, 4) is 0 Å². The van der Waals surface area contributed by atoms with Crippen LogP contribution in [0.1, 0.15) is 36.1 Å². The quantitative estimate of drug-likeness (QED) is 0.754. The van der Waals surface area contributed by atoms with Crippen LogP contribution in [0.3, 0.4) is 0 Å². The molecule has 0 aliphatic heterocycles. The fraction of sp³-hybridized carbons (Fsp3) is 0.200. The lowest BCUT2D eigenvalue weighted by molar-refractivity contribution is 0.0983. The Bertz CT molecular complexity index is 545. The molecule has 1 aliphatic rings. The van der Waals surface area contributed by atoms with Gasteiger partial charge in [0.2, 0.25) is 5.89 Å². The van der Waals surface area contributed by atoms with Crippen LogP contribution in [0.4, 0.5) is 0 Å². The van der Waals surface area contributed by atoms with E-state index in [-0.39, 0.29) is 5.78 Å². The Kier molecular flexibility index (Phi) is 4.07. The summed E-state index contributed by atoms with van der Waals surface area (Å²) >= 11 is 0. The number of aromatic nitrogens is 1. The van der Waals surface area contributed by atoms with Crippen LogP contribution in [0, 0.1) is 0 Å². The van der Waals surface area contributed by atoms with Crippen molar-refractivity contribution >= 4 is 11.9 Å². The SMILES string of the molecule is CCC(=O)c1coc(/C=C/C2=CC=CC=CC2)n1. The Balaban J connectivity index is 2.07. The summed E-state index contributed by atoms with van der Waals surface area (Å²) in [7, 11) is 0. The zero-order valence-electron chi connectivity index (χ0n) is 10.3. The lowest BCUT2D eigenvalue weighted by atomic mass is 10.1. The molecule has 2 rings (SSSR count). The van der Waals surface area contributed by atoms with Gasteiger partial charge in [0.1, 0.15) is 12.0 Å². The molecular weight excluding hydrogens is 226 g/mol. The van der Waals surface area contributed by atoms with E-state index in [9.17, 15) is 4.79 Å². The number of Topliss-reactive ketones (excluding diaryl/α,β-unsaturated/α-hetero) is 1. The second-order valence-electron chi connectivity index (χ2n) is 3.94. The smallest absolute Gasteiger partial charge is 0.219 e. The lowest BCUT2D eigenvalue weighted by Gasteiger charge is -1.92. The molecule has 0 unspecified atom stereocenters. The van der Waals surface area contributed by atoms with Gasteiger partial charge in [-0.25, -0.2) is 4.98 Å². The van der Waals surface area contributed by atoms with Gasteiger partial charge in [0.05, 0.1) is 0 Å². The zero-order chi connectivity index (χ0) is 12.8. The number of oxazole rings is 1. The Labute approximate surface area is 106 Å². The summed E-state index contributed by atoms with van der Waals surface area (Å²) in [5, 5.41) is 0. The van der Waals surface area contributed by atoms with E-state index in [0.717, 1.165) is 6.42 Å². The number of carbonyl (C=O) groups is 1. The van der Waals surface area contributed by atoms with E-state index in [1.54, 1.807) is 6.08 Å². The summed E-state index contributed by atoms with van der Waals surface area (Å²) in [5.74, 6) is 0.461. The molecule has 1 aromatic rings. The van der Waals surface area contributed by atoms with E-state index in [1.807, 2.05) is 37.3 Å². The average molecular weight is 241 g/mol. The monoisotopic (exact) mass is 241 g/mol. The first-order valence-electron chi connectivity index (χ1n) is 5.98. The second-order valence-corrected chi connectivity index (χ2v) is 3.94. The van der Waals surface area contributed by atoms with Crippen LogP contribution in [0.25, 0.3) is 6.08 Å². The first kappa shape index (κ1) is 12.3. The van der Waals surface area contributed by atoms with E-state index in [0.29, 0.717) is 18.0 Å². The summed E-state index contributed by atoms with van der Waals surface area (Å²) in [6.07, 6.45) is 16.6. The Morgan fingerprint density at radius 1 is 1.39 bits per heavy atom. The Morgan fingerprint density at radius 2 is 2.28 bits per heavy atom. The standard InChI is InChI=1S/C15H15NO2/c1-2-14(17)13-11-18-15(16-13)10-9-12-7-5-3-4-6-8-12/h3-7,9-11H,2,8H2,1H3/b10-9+. The Morgan fingerprint density at radius 3 is 3.11 bits per heavy atom. The van der Waals surface area contributed by atoms with Gasteiger partial charge in [-0.15, -0.1) is 0 Å². The minimum Gasteiger partial charge on any atom is -0.444 e. The van der Waals surface area contributed by atoms with Crippen LogP contribution >= 0.6 is 0 Å². The predicted octanol–water partition coefficient (Wildman–Crippen LogP) is 3.72. The van der Waals surface area contributed by atoms with Crippen LogP contribution in [0.15, 0.2) is 52.7 Å². The number of ketones is 1. The largest absolute Gasteiger partial charge is 0.444 e. The van der Waals surface area contributed by atoms with Crippen molar-refractivity contribution in [3.05, 3.63) is 59.9 Å². The van der Waals surface area contributed by atoms with E-state index in [4.69, 9.17) is 4.42 Å². The molecule has 0 radical (unpaired) electrons. The number of hydrogen-bond acceptors (Lipinski definition) is 3. The first-order chi connectivity index (χ1) is 8.79. The maximum atomic E-state index is 11.4. The van der Waals surface area contributed by atoms with Gasteiger partial charge in [-0.05, 0) is 12.0 Å². The van der Waals surface area contributed by atoms with Gasteiger partial charge < -0.3 is 4.42 Å². The lowest BCUT2D eigenvalue weighted by Crippen LogP contribution is -1.95. The van der Waals surface area contributed by atoms with Crippen molar-refractivity contribution in [2.75, 3.05) is 0 Å². The molecule has 0 saturated heterocycles. The van der Waals surface area contributed by atoms with Gasteiger partial charge in [0, 0.05) is 12.5 Å². The molecule has 1 aliphatic carbocycles. The molecule has 0 amide bonds. The van der Waals surface area contributed by atoms with Gasteiger partial charge in [0.25, 0.3) is 0 Å². The molecule has 0 N–H and O–H groups in total. The highest BCUT2D eigenvalue weighted by molar-refractivity contribution is 5.93. The molecule has 0 bridgehead atoms. The highest BCUT2D eigenvalue weighted by Crippen LogP contribution is 2.12. The van der Waals surface area contributed by atoms with E-state index < -0.39 is 0 Å². The number of allylic oxidation sites excluding steroid dienone is 7. The van der Waals surface area contributed by atoms with Crippen LogP contribution in [-0.4, -0.2) is 10.8 Å². The molecule has 3 nitrogen and oxygen atoms in total. The third-order valence-electron chi connectivity index (χ3n) is 2.59. The average Bonchev–Trinajstić information content (AvgIpc) is 2.71. The number of rotatable bonds is 4. The van der Waals surface area contributed by atoms with E-state index >= 15 is 0 Å². The molecule has 92 valence electrons. The highest BCUT2D eigenvalue weighted by atomic mass is 16.3. The van der Waals surface area contributed by atoms with Crippen molar-refractivity contribution in [2.24, 2.45) is 0 Å². The van der Waals surface area contributed by atoms with Gasteiger partial charge in [0.15, 0.2) is 5.78 Å². The fourth-order valence-corrected chi connectivity index (χ4v) is 1.57. The van der Waals surface area contributed by atoms with Crippen LogP contribution in [0.2, 0.25) is 0 Å². The highest BCUT2D eigenvalue weighted by Gasteiger charge is 2.08. The van der Waals surface area contributed by atoms with Gasteiger partial charge >= 0.3 is 0 Å². The van der Waals surface area contributed by atoms with Crippen molar-refractivity contribution in [1.82, 2.24) is 4.98 Å². The number of carbonyl (C=O) groups excluding carboxylic acids is 1. The van der Waals surface area contributed by atoms with Crippen molar-refractivity contribution < 1.29 is 9.21 Å². The summed E-state index contributed by atoms with van der Waals surface area (Å²) < 4.78 is 5.23. The maximum Gasteiger partial charge on any atom is 0.219 e. The summed E-state index contributed by atoms with van der Waals surface area (Å²) in [5.41, 5.74) is 1.56. The van der Waals surface area contributed by atoms with Crippen molar-refractivity contribution in [3.63, 3.8) is 0 Å². The van der Waals surface area contributed by atoms with Gasteiger partial charge in [-0.2, -0.15) is 0 Å². The maximum absolute atomic E-state index is 11.4.